The molecular formula is C18H13FN2O5. The minimum atomic E-state index is -0.895. The summed E-state index contributed by atoms with van der Waals surface area (Å²) in [5.41, 5.74) is 0.784. The molecule has 0 aliphatic carbocycles. The van der Waals surface area contributed by atoms with Crippen LogP contribution in [0.15, 0.2) is 48.5 Å². The van der Waals surface area contributed by atoms with Gasteiger partial charge in [-0.2, -0.15) is 0 Å². The maximum absolute atomic E-state index is 12.8. The van der Waals surface area contributed by atoms with Crippen molar-refractivity contribution in [3.8, 4) is 0 Å². The fraction of sp³-hybridized carbons (Fsp3) is 0.111. The lowest BCUT2D eigenvalue weighted by Crippen LogP contribution is -2.36. The van der Waals surface area contributed by atoms with E-state index in [1.54, 1.807) is 12.1 Å². The van der Waals surface area contributed by atoms with Crippen LogP contribution in [-0.2, 0) is 14.3 Å². The minimum absolute atomic E-state index is 0.222. The van der Waals surface area contributed by atoms with E-state index in [1.165, 1.54) is 36.4 Å². The molecule has 1 N–H and O–H groups in total. The first-order valence-corrected chi connectivity index (χ1v) is 7.62. The Hall–Kier alpha value is -3.55. The molecule has 8 heteroatoms. The van der Waals surface area contributed by atoms with Gasteiger partial charge in [0, 0.05) is 5.69 Å². The van der Waals surface area contributed by atoms with Crippen molar-refractivity contribution in [3.05, 3.63) is 65.5 Å². The molecule has 2 aromatic carbocycles. The number of hydrogen-bond acceptors (Lipinski definition) is 5. The van der Waals surface area contributed by atoms with Crippen LogP contribution < -0.4 is 5.32 Å². The molecule has 3 rings (SSSR count). The Bertz CT molecular complexity index is 860. The van der Waals surface area contributed by atoms with Gasteiger partial charge in [-0.15, -0.1) is 0 Å². The molecule has 0 unspecified atom stereocenters. The maximum Gasteiger partial charge on any atom is 0.326 e. The number of anilines is 1. The fourth-order valence-corrected chi connectivity index (χ4v) is 2.43. The van der Waals surface area contributed by atoms with Crippen molar-refractivity contribution in [3.63, 3.8) is 0 Å². The van der Waals surface area contributed by atoms with E-state index in [-0.39, 0.29) is 11.1 Å². The lowest BCUT2D eigenvalue weighted by Gasteiger charge is -2.13. The van der Waals surface area contributed by atoms with E-state index in [0.29, 0.717) is 5.69 Å². The van der Waals surface area contributed by atoms with E-state index in [9.17, 15) is 23.6 Å². The lowest BCUT2D eigenvalue weighted by atomic mass is 10.1. The van der Waals surface area contributed by atoms with Crippen LogP contribution in [0, 0.1) is 5.82 Å². The zero-order valence-corrected chi connectivity index (χ0v) is 13.4. The van der Waals surface area contributed by atoms with E-state index in [2.05, 4.69) is 5.32 Å². The zero-order valence-electron chi connectivity index (χ0n) is 13.4. The number of esters is 1. The van der Waals surface area contributed by atoms with Gasteiger partial charge in [0.2, 0.25) is 0 Å². The van der Waals surface area contributed by atoms with Crippen LogP contribution in [0.3, 0.4) is 0 Å². The Morgan fingerprint density at radius 1 is 0.962 bits per heavy atom. The van der Waals surface area contributed by atoms with E-state index in [1.807, 2.05) is 0 Å². The van der Waals surface area contributed by atoms with E-state index in [4.69, 9.17) is 4.74 Å². The number of nitrogens with zero attached hydrogens (tertiary/aromatic N) is 1. The molecule has 7 nitrogen and oxygen atoms in total. The number of nitrogens with one attached hydrogen (secondary N) is 1. The first-order valence-electron chi connectivity index (χ1n) is 7.62. The summed E-state index contributed by atoms with van der Waals surface area (Å²) >= 11 is 0. The summed E-state index contributed by atoms with van der Waals surface area (Å²) in [4.78, 5) is 48.6. The molecular weight excluding hydrogens is 343 g/mol. The third-order valence-electron chi connectivity index (χ3n) is 3.66. The Morgan fingerprint density at radius 3 is 2.12 bits per heavy atom. The van der Waals surface area contributed by atoms with Gasteiger partial charge in [0.1, 0.15) is 12.4 Å². The predicted molar refractivity (Wildman–Crippen MR) is 87.8 cm³/mol. The number of hydrogen-bond donors (Lipinski definition) is 1. The van der Waals surface area contributed by atoms with Gasteiger partial charge in [-0.25, -0.2) is 4.39 Å². The molecule has 132 valence electrons. The first-order chi connectivity index (χ1) is 12.5. The molecule has 26 heavy (non-hydrogen) atoms. The van der Waals surface area contributed by atoms with Crippen molar-refractivity contribution < 1.29 is 28.3 Å². The second-order valence-corrected chi connectivity index (χ2v) is 5.46. The quantitative estimate of drug-likeness (QED) is 0.649. The summed E-state index contributed by atoms with van der Waals surface area (Å²) < 4.78 is 17.6. The number of halogens is 1. The van der Waals surface area contributed by atoms with Gasteiger partial charge < -0.3 is 10.1 Å². The van der Waals surface area contributed by atoms with Crippen LogP contribution in [0.5, 0.6) is 0 Å². The van der Waals surface area contributed by atoms with Crippen molar-refractivity contribution in [2.75, 3.05) is 18.5 Å². The highest BCUT2D eigenvalue weighted by Crippen LogP contribution is 2.22. The summed E-state index contributed by atoms with van der Waals surface area (Å²) in [6.45, 7) is -1.18. The molecule has 0 radical (unpaired) electrons. The molecule has 2 aromatic rings. The predicted octanol–water partition coefficient (Wildman–Crippen LogP) is 1.60. The molecule has 0 saturated heterocycles. The highest BCUT2D eigenvalue weighted by molar-refractivity contribution is 6.22. The second-order valence-electron chi connectivity index (χ2n) is 5.46. The van der Waals surface area contributed by atoms with Crippen LogP contribution in [0.25, 0.3) is 0 Å². The van der Waals surface area contributed by atoms with Crippen LogP contribution in [-0.4, -0.2) is 41.7 Å². The topological polar surface area (TPSA) is 92.8 Å². The Kier molecular flexibility index (Phi) is 4.74. The number of benzene rings is 2. The third kappa shape index (κ3) is 3.59. The molecule has 0 aromatic heterocycles. The van der Waals surface area contributed by atoms with Gasteiger partial charge in [-0.05, 0) is 36.4 Å². The van der Waals surface area contributed by atoms with Gasteiger partial charge in [0.05, 0.1) is 11.1 Å². The van der Waals surface area contributed by atoms with Crippen LogP contribution >= 0.6 is 0 Å². The summed E-state index contributed by atoms with van der Waals surface area (Å²) in [7, 11) is 0. The molecule has 0 atom stereocenters. The number of rotatable bonds is 5. The van der Waals surface area contributed by atoms with E-state index >= 15 is 0 Å². The van der Waals surface area contributed by atoms with E-state index in [0.717, 1.165) is 4.90 Å². The molecule has 0 saturated carbocycles. The maximum atomic E-state index is 12.8. The minimum Gasteiger partial charge on any atom is -0.454 e. The third-order valence-corrected chi connectivity index (χ3v) is 3.66. The fourth-order valence-electron chi connectivity index (χ4n) is 2.43. The highest BCUT2D eigenvalue weighted by Gasteiger charge is 2.36. The Balaban J connectivity index is 1.52. The number of carbonyl (C=O) groups excluding carboxylic acids is 4. The standard InChI is InChI=1S/C18H13FN2O5/c19-11-5-7-12(8-6-11)20-15(22)10-26-16(23)9-21-17(24)13-3-1-2-4-14(13)18(21)25/h1-8H,9-10H2,(H,20,22). The van der Waals surface area contributed by atoms with Gasteiger partial charge >= 0.3 is 5.97 Å². The number of carbonyl (C=O) groups is 4. The van der Waals surface area contributed by atoms with Crippen LogP contribution in [0.1, 0.15) is 20.7 Å². The number of imide groups is 1. The molecule has 1 aliphatic heterocycles. The van der Waals surface area contributed by atoms with Crippen molar-refractivity contribution in [1.29, 1.82) is 0 Å². The highest BCUT2D eigenvalue weighted by atomic mass is 19.1. The smallest absolute Gasteiger partial charge is 0.326 e. The number of amides is 3. The van der Waals surface area contributed by atoms with Crippen LogP contribution in [0.4, 0.5) is 10.1 Å². The summed E-state index contributed by atoms with van der Waals surface area (Å²) in [6.07, 6.45) is 0. The summed E-state index contributed by atoms with van der Waals surface area (Å²) in [6, 6.07) is 11.3. The van der Waals surface area contributed by atoms with Crippen molar-refractivity contribution in [1.82, 2.24) is 4.90 Å². The molecule has 0 fully saturated rings. The average Bonchev–Trinajstić information content (AvgIpc) is 2.87. The van der Waals surface area contributed by atoms with Crippen LogP contribution in [0.2, 0.25) is 0 Å². The van der Waals surface area contributed by atoms with Gasteiger partial charge in [0.15, 0.2) is 6.61 Å². The Morgan fingerprint density at radius 2 is 1.54 bits per heavy atom. The van der Waals surface area contributed by atoms with Crippen molar-refractivity contribution in [2.24, 2.45) is 0 Å². The van der Waals surface area contributed by atoms with Gasteiger partial charge in [-0.1, -0.05) is 12.1 Å². The summed E-state index contributed by atoms with van der Waals surface area (Å²) in [5.74, 6) is -3.15. The average molecular weight is 356 g/mol. The van der Waals surface area contributed by atoms with Crippen molar-refractivity contribution in [2.45, 2.75) is 0 Å². The monoisotopic (exact) mass is 356 g/mol. The molecule has 1 heterocycles. The zero-order chi connectivity index (χ0) is 18.7. The Labute approximate surface area is 147 Å². The second kappa shape index (κ2) is 7.14. The SMILES string of the molecule is O=C(COC(=O)CN1C(=O)c2ccccc2C1=O)Nc1ccc(F)cc1. The first kappa shape index (κ1) is 17.3. The number of ether oxygens (including phenoxy) is 1. The molecule has 0 bridgehead atoms. The van der Waals surface area contributed by atoms with Gasteiger partial charge in [0.25, 0.3) is 17.7 Å². The van der Waals surface area contributed by atoms with Gasteiger partial charge in [-0.3, -0.25) is 24.1 Å². The molecule has 0 spiro atoms. The molecule has 3 amide bonds. The largest absolute Gasteiger partial charge is 0.454 e. The van der Waals surface area contributed by atoms with Crippen molar-refractivity contribution >= 4 is 29.4 Å². The normalized spacial score (nSPS) is 12.7. The number of fused-ring (bicyclic) bond motifs is 1. The summed E-state index contributed by atoms with van der Waals surface area (Å²) in [5, 5.41) is 2.42. The van der Waals surface area contributed by atoms with E-state index < -0.39 is 42.7 Å². The molecule has 1 aliphatic rings. The lowest BCUT2D eigenvalue weighted by molar-refractivity contribution is -0.147.